The van der Waals surface area contributed by atoms with Crippen LogP contribution in [0.5, 0.6) is 11.5 Å². The Bertz CT molecular complexity index is 483. The fourth-order valence-corrected chi connectivity index (χ4v) is 2.10. The lowest BCUT2D eigenvalue weighted by molar-refractivity contribution is -0.126. The van der Waals surface area contributed by atoms with Gasteiger partial charge in [0.25, 0.3) is 0 Å². The average Bonchev–Trinajstić information content (AvgIpc) is 2.43. The normalized spacial score (nSPS) is 16.1. The highest BCUT2D eigenvalue weighted by atomic mass is 16.5. The summed E-state index contributed by atoms with van der Waals surface area (Å²) in [7, 11) is 3.17. The predicted octanol–water partition coefficient (Wildman–Crippen LogP) is 1.40. The summed E-state index contributed by atoms with van der Waals surface area (Å²) < 4.78 is 15.6. The van der Waals surface area contributed by atoms with Gasteiger partial charge in [-0.2, -0.15) is 0 Å². The van der Waals surface area contributed by atoms with Crippen LogP contribution >= 0.6 is 0 Å². The van der Waals surface area contributed by atoms with Crippen LogP contribution in [0.2, 0.25) is 0 Å². The highest BCUT2D eigenvalue weighted by Crippen LogP contribution is 2.28. The van der Waals surface area contributed by atoms with E-state index in [9.17, 15) is 4.79 Å². The first kappa shape index (κ1) is 14.7. The van der Waals surface area contributed by atoms with E-state index in [1.807, 2.05) is 18.2 Å². The van der Waals surface area contributed by atoms with Crippen molar-refractivity contribution in [3.63, 3.8) is 0 Å². The molecule has 1 aromatic rings. The smallest absolute Gasteiger partial charge is 0.224 e. The van der Waals surface area contributed by atoms with E-state index in [0.717, 1.165) is 5.56 Å². The molecule has 0 atom stereocenters. The van der Waals surface area contributed by atoms with Gasteiger partial charge in [0.05, 0.1) is 33.9 Å². The molecule has 5 nitrogen and oxygen atoms in total. The summed E-state index contributed by atoms with van der Waals surface area (Å²) in [6.45, 7) is 4.18. The number of carbonyl (C=O) groups excluding carboxylic acids is 1. The highest BCUT2D eigenvalue weighted by molar-refractivity contribution is 5.78. The van der Waals surface area contributed by atoms with Crippen molar-refractivity contribution in [2.24, 2.45) is 5.41 Å². The molecule has 0 bridgehead atoms. The molecule has 1 aromatic carbocycles. The molecule has 0 radical (unpaired) electrons. The molecule has 0 unspecified atom stereocenters. The molecule has 5 heteroatoms. The van der Waals surface area contributed by atoms with Gasteiger partial charge < -0.3 is 19.5 Å². The van der Waals surface area contributed by atoms with Crippen molar-refractivity contribution in [1.82, 2.24) is 5.32 Å². The monoisotopic (exact) mass is 279 g/mol. The minimum Gasteiger partial charge on any atom is -0.493 e. The summed E-state index contributed by atoms with van der Waals surface area (Å²) in [5, 5.41) is 2.95. The van der Waals surface area contributed by atoms with E-state index in [-0.39, 0.29) is 11.3 Å². The molecule has 1 amide bonds. The maximum absolute atomic E-state index is 11.9. The maximum Gasteiger partial charge on any atom is 0.224 e. The second kappa shape index (κ2) is 6.13. The zero-order chi connectivity index (χ0) is 14.6. The summed E-state index contributed by atoms with van der Waals surface area (Å²) in [5.41, 5.74) is 0.989. The molecule has 110 valence electrons. The van der Waals surface area contributed by atoms with Gasteiger partial charge in [-0.3, -0.25) is 4.79 Å². The van der Waals surface area contributed by atoms with Crippen molar-refractivity contribution in [1.29, 1.82) is 0 Å². The first-order chi connectivity index (χ1) is 9.56. The van der Waals surface area contributed by atoms with Crippen LogP contribution in [0.25, 0.3) is 0 Å². The fourth-order valence-electron chi connectivity index (χ4n) is 2.10. The SMILES string of the molecule is COc1ccc(CC(=O)NCC2(C)COC2)cc1OC. The molecular weight excluding hydrogens is 258 g/mol. The summed E-state index contributed by atoms with van der Waals surface area (Å²) in [4.78, 5) is 11.9. The molecule has 1 saturated heterocycles. The van der Waals surface area contributed by atoms with Crippen LogP contribution in [0.15, 0.2) is 18.2 Å². The zero-order valence-electron chi connectivity index (χ0n) is 12.2. The zero-order valence-corrected chi connectivity index (χ0v) is 12.2. The quantitative estimate of drug-likeness (QED) is 0.855. The Labute approximate surface area is 119 Å². The minimum atomic E-state index is 0.00495. The van der Waals surface area contributed by atoms with Crippen LogP contribution in [0, 0.1) is 5.41 Å². The molecule has 0 saturated carbocycles. The standard InChI is InChI=1S/C15H21NO4/c1-15(9-20-10-15)8-16-14(17)7-11-4-5-12(18-2)13(6-11)19-3/h4-6H,7-10H2,1-3H3,(H,16,17). The summed E-state index contributed by atoms with van der Waals surface area (Å²) in [6.07, 6.45) is 0.331. The van der Waals surface area contributed by atoms with Crippen LogP contribution < -0.4 is 14.8 Å². The molecule has 20 heavy (non-hydrogen) atoms. The third kappa shape index (κ3) is 3.42. The van der Waals surface area contributed by atoms with Crippen LogP contribution in [-0.2, 0) is 16.0 Å². The van der Waals surface area contributed by atoms with Gasteiger partial charge in [0.15, 0.2) is 11.5 Å². The van der Waals surface area contributed by atoms with E-state index in [2.05, 4.69) is 12.2 Å². The minimum absolute atomic E-state index is 0.00495. The Hall–Kier alpha value is -1.75. The molecule has 2 rings (SSSR count). The van der Waals surface area contributed by atoms with Gasteiger partial charge in [0.1, 0.15) is 0 Å². The van der Waals surface area contributed by atoms with Gasteiger partial charge in [-0.15, -0.1) is 0 Å². The Balaban J connectivity index is 1.90. The third-order valence-corrected chi connectivity index (χ3v) is 3.43. The Morgan fingerprint density at radius 2 is 2.00 bits per heavy atom. The van der Waals surface area contributed by atoms with E-state index in [1.54, 1.807) is 14.2 Å². The molecule has 1 N–H and O–H groups in total. The molecule has 1 heterocycles. The Morgan fingerprint density at radius 3 is 2.55 bits per heavy atom. The van der Waals surface area contributed by atoms with E-state index < -0.39 is 0 Å². The first-order valence-electron chi connectivity index (χ1n) is 6.62. The number of methoxy groups -OCH3 is 2. The number of hydrogen-bond donors (Lipinski definition) is 1. The second-order valence-corrected chi connectivity index (χ2v) is 5.45. The maximum atomic E-state index is 11.9. The summed E-state index contributed by atoms with van der Waals surface area (Å²) in [6, 6.07) is 5.50. The number of ether oxygens (including phenoxy) is 3. The number of hydrogen-bond acceptors (Lipinski definition) is 4. The molecule has 1 aliphatic heterocycles. The fraction of sp³-hybridized carbons (Fsp3) is 0.533. The van der Waals surface area contributed by atoms with Crippen LogP contribution in [-0.4, -0.2) is 39.9 Å². The van der Waals surface area contributed by atoms with Gasteiger partial charge in [-0.1, -0.05) is 13.0 Å². The van der Waals surface area contributed by atoms with E-state index >= 15 is 0 Å². The van der Waals surface area contributed by atoms with Crippen LogP contribution in [0.4, 0.5) is 0 Å². The number of carbonyl (C=O) groups is 1. The summed E-state index contributed by atoms with van der Waals surface area (Å²) >= 11 is 0. The lowest BCUT2D eigenvalue weighted by Gasteiger charge is -2.38. The van der Waals surface area contributed by atoms with Crippen LogP contribution in [0.1, 0.15) is 12.5 Å². The van der Waals surface area contributed by atoms with Crippen molar-refractivity contribution < 1.29 is 19.0 Å². The largest absolute Gasteiger partial charge is 0.493 e. The van der Waals surface area contributed by atoms with Gasteiger partial charge in [0, 0.05) is 12.0 Å². The van der Waals surface area contributed by atoms with E-state index in [0.29, 0.717) is 37.7 Å². The Morgan fingerprint density at radius 1 is 1.30 bits per heavy atom. The van der Waals surface area contributed by atoms with Gasteiger partial charge >= 0.3 is 0 Å². The topological polar surface area (TPSA) is 56.8 Å². The molecule has 0 aliphatic carbocycles. The first-order valence-corrected chi connectivity index (χ1v) is 6.62. The lowest BCUT2D eigenvalue weighted by Crippen LogP contribution is -2.48. The van der Waals surface area contributed by atoms with Gasteiger partial charge in [-0.05, 0) is 17.7 Å². The van der Waals surface area contributed by atoms with Crippen molar-refractivity contribution in [3.8, 4) is 11.5 Å². The molecular formula is C15H21NO4. The van der Waals surface area contributed by atoms with Gasteiger partial charge in [-0.25, -0.2) is 0 Å². The molecule has 0 spiro atoms. The van der Waals surface area contributed by atoms with E-state index in [1.165, 1.54) is 0 Å². The van der Waals surface area contributed by atoms with Crippen molar-refractivity contribution in [3.05, 3.63) is 23.8 Å². The lowest BCUT2D eigenvalue weighted by atomic mass is 9.89. The predicted molar refractivity (Wildman–Crippen MR) is 75.2 cm³/mol. The third-order valence-electron chi connectivity index (χ3n) is 3.43. The number of rotatable bonds is 6. The van der Waals surface area contributed by atoms with Crippen molar-refractivity contribution in [2.75, 3.05) is 34.0 Å². The number of nitrogens with one attached hydrogen (secondary N) is 1. The van der Waals surface area contributed by atoms with Crippen molar-refractivity contribution >= 4 is 5.91 Å². The van der Waals surface area contributed by atoms with Crippen LogP contribution in [0.3, 0.4) is 0 Å². The Kier molecular flexibility index (Phi) is 4.49. The molecule has 1 aliphatic rings. The molecule has 0 aromatic heterocycles. The van der Waals surface area contributed by atoms with E-state index in [4.69, 9.17) is 14.2 Å². The van der Waals surface area contributed by atoms with Crippen molar-refractivity contribution in [2.45, 2.75) is 13.3 Å². The average molecular weight is 279 g/mol. The number of amides is 1. The molecule has 1 fully saturated rings. The summed E-state index contributed by atoms with van der Waals surface area (Å²) in [5.74, 6) is 1.30. The van der Waals surface area contributed by atoms with Gasteiger partial charge in [0.2, 0.25) is 5.91 Å². The highest BCUT2D eigenvalue weighted by Gasteiger charge is 2.33. The number of benzene rings is 1. The second-order valence-electron chi connectivity index (χ2n) is 5.45.